The second-order valence-electron chi connectivity index (χ2n) is 6.93. The highest BCUT2D eigenvalue weighted by atomic mass is 32.2. The van der Waals surface area contributed by atoms with Crippen LogP contribution in [0.2, 0.25) is 0 Å². The van der Waals surface area contributed by atoms with Crippen LogP contribution in [0.4, 0.5) is 8.78 Å². The molecule has 0 unspecified atom stereocenters. The number of hydrogen-bond acceptors (Lipinski definition) is 5. The maximum absolute atomic E-state index is 12.8. The number of amides is 1. The Morgan fingerprint density at radius 1 is 1.19 bits per heavy atom. The van der Waals surface area contributed by atoms with Crippen molar-refractivity contribution < 1.29 is 18.3 Å². The Labute approximate surface area is 182 Å². The fraction of sp³-hybridized carbons (Fsp3) is 0.318. The van der Waals surface area contributed by atoms with Gasteiger partial charge in [-0.3, -0.25) is 14.2 Å². The van der Waals surface area contributed by atoms with Crippen LogP contribution in [0.5, 0.6) is 5.75 Å². The Bertz CT molecular complexity index is 1100. The van der Waals surface area contributed by atoms with Gasteiger partial charge < -0.3 is 9.64 Å². The fourth-order valence-corrected chi connectivity index (χ4v) is 4.02. The van der Waals surface area contributed by atoms with Crippen molar-refractivity contribution in [3.8, 4) is 5.75 Å². The lowest BCUT2D eigenvalue weighted by atomic mass is 10.2. The van der Waals surface area contributed by atoms with Crippen LogP contribution in [0.15, 0.2) is 58.5 Å². The zero-order valence-electron chi connectivity index (χ0n) is 17.3. The molecule has 0 saturated heterocycles. The van der Waals surface area contributed by atoms with E-state index in [2.05, 4.69) is 9.72 Å². The molecule has 0 aliphatic carbocycles. The van der Waals surface area contributed by atoms with E-state index in [4.69, 9.17) is 0 Å². The second-order valence-corrected chi connectivity index (χ2v) is 7.87. The van der Waals surface area contributed by atoms with E-state index >= 15 is 0 Å². The van der Waals surface area contributed by atoms with E-state index in [-0.39, 0.29) is 23.0 Å². The van der Waals surface area contributed by atoms with Gasteiger partial charge in [-0.1, -0.05) is 43.0 Å². The number of aromatic nitrogens is 2. The van der Waals surface area contributed by atoms with Gasteiger partial charge in [0, 0.05) is 20.1 Å². The van der Waals surface area contributed by atoms with Crippen LogP contribution in [0.3, 0.4) is 0 Å². The molecule has 6 nitrogen and oxygen atoms in total. The van der Waals surface area contributed by atoms with E-state index in [1.807, 2.05) is 13.0 Å². The number of nitrogens with zero attached hydrogens (tertiary/aromatic N) is 3. The van der Waals surface area contributed by atoms with Gasteiger partial charge in [0.05, 0.1) is 16.7 Å². The first kappa shape index (κ1) is 22.7. The molecule has 0 spiro atoms. The lowest BCUT2D eigenvalue weighted by molar-refractivity contribution is -0.127. The van der Waals surface area contributed by atoms with E-state index in [0.717, 1.165) is 12.0 Å². The van der Waals surface area contributed by atoms with Gasteiger partial charge >= 0.3 is 6.61 Å². The minimum Gasteiger partial charge on any atom is -0.435 e. The molecule has 0 saturated carbocycles. The zero-order valence-corrected chi connectivity index (χ0v) is 18.1. The number of fused-ring (bicyclic) bond motifs is 1. The topological polar surface area (TPSA) is 64.4 Å². The molecule has 0 N–H and O–H groups in total. The molecule has 1 heterocycles. The van der Waals surface area contributed by atoms with Crippen molar-refractivity contribution in [1.29, 1.82) is 0 Å². The maximum atomic E-state index is 12.8. The SMILES string of the molecule is CCCn1c(SCC(=O)N(C)Cc2ccc(OC(F)F)cc2)nc2ccccc2c1=O. The van der Waals surface area contributed by atoms with Gasteiger partial charge in [0.15, 0.2) is 5.16 Å². The Kier molecular flexibility index (Phi) is 7.62. The lowest BCUT2D eigenvalue weighted by Crippen LogP contribution is -2.29. The first-order valence-electron chi connectivity index (χ1n) is 9.79. The van der Waals surface area contributed by atoms with Gasteiger partial charge in [-0.15, -0.1) is 0 Å². The van der Waals surface area contributed by atoms with Gasteiger partial charge in [0.25, 0.3) is 5.56 Å². The monoisotopic (exact) mass is 447 g/mol. The molecular weight excluding hydrogens is 424 g/mol. The van der Waals surface area contributed by atoms with Crippen molar-refractivity contribution >= 4 is 28.6 Å². The average Bonchev–Trinajstić information content (AvgIpc) is 2.75. The fourth-order valence-electron chi connectivity index (χ4n) is 3.05. The summed E-state index contributed by atoms with van der Waals surface area (Å²) in [5.74, 6) is 0.0559. The highest BCUT2D eigenvalue weighted by Crippen LogP contribution is 2.20. The van der Waals surface area contributed by atoms with Crippen LogP contribution in [0, 0.1) is 0 Å². The quantitative estimate of drug-likeness (QED) is 0.364. The molecule has 2 aromatic carbocycles. The number of para-hydroxylation sites is 1. The van der Waals surface area contributed by atoms with Gasteiger partial charge in [-0.2, -0.15) is 8.78 Å². The number of carbonyl (C=O) groups is 1. The van der Waals surface area contributed by atoms with Crippen LogP contribution in [0.1, 0.15) is 18.9 Å². The molecule has 3 aromatic rings. The van der Waals surface area contributed by atoms with Gasteiger partial charge in [-0.05, 0) is 36.2 Å². The molecule has 0 atom stereocenters. The van der Waals surface area contributed by atoms with Crippen LogP contribution in [0.25, 0.3) is 10.9 Å². The van der Waals surface area contributed by atoms with Crippen LogP contribution < -0.4 is 10.3 Å². The zero-order chi connectivity index (χ0) is 22.4. The number of carbonyl (C=O) groups excluding carboxylic acids is 1. The second kappa shape index (κ2) is 10.4. The Hall–Kier alpha value is -2.94. The van der Waals surface area contributed by atoms with E-state index < -0.39 is 6.61 Å². The van der Waals surface area contributed by atoms with Gasteiger partial charge in [0.1, 0.15) is 5.75 Å². The molecule has 3 rings (SSSR count). The van der Waals surface area contributed by atoms with Crippen LogP contribution in [-0.2, 0) is 17.9 Å². The van der Waals surface area contributed by atoms with Crippen molar-refractivity contribution in [1.82, 2.24) is 14.5 Å². The molecule has 1 aromatic heterocycles. The smallest absolute Gasteiger partial charge is 0.387 e. The van der Waals surface area contributed by atoms with Crippen LogP contribution >= 0.6 is 11.8 Å². The van der Waals surface area contributed by atoms with Crippen LogP contribution in [-0.4, -0.2) is 39.8 Å². The molecule has 0 radical (unpaired) electrons. The maximum Gasteiger partial charge on any atom is 0.387 e. The number of rotatable bonds is 9. The third-order valence-electron chi connectivity index (χ3n) is 4.59. The van der Waals surface area contributed by atoms with E-state index in [9.17, 15) is 18.4 Å². The predicted molar refractivity (Wildman–Crippen MR) is 117 cm³/mol. The molecular formula is C22H23F2N3O3S. The molecule has 9 heteroatoms. The highest BCUT2D eigenvalue weighted by Gasteiger charge is 2.15. The molecule has 1 amide bonds. The predicted octanol–water partition coefficient (Wildman–Crippen LogP) is 4.16. The summed E-state index contributed by atoms with van der Waals surface area (Å²) in [5, 5.41) is 1.07. The number of ether oxygens (including phenoxy) is 1. The van der Waals surface area contributed by atoms with Crippen molar-refractivity contribution in [3.63, 3.8) is 0 Å². The van der Waals surface area contributed by atoms with Gasteiger partial charge in [0.2, 0.25) is 5.91 Å². The van der Waals surface area contributed by atoms with E-state index in [1.165, 1.54) is 23.9 Å². The number of benzene rings is 2. The Morgan fingerprint density at radius 2 is 1.90 bits per heavy atom. The van der Waals surface area contributed by atoms with Crippen molar-refractivity contribution in [2.24, 2.45) is 0 Å². The summed E-state index contributed by atoms with van der Waals surface area (Å²) in [7, 11) is 1.67. The summed E-state index contributed by atoms with van der Waals surface area (Å²) in [4.78, 5) is 31.6. The summed E-state index contributed by atoms with van der Waals surface area (Å²) >= 11 is 1.23. The highest BCUT2D eigenvalue weighted by molar-refractivity contribution is 7.99. The van der Waals surface area contributed by atoms with Gasteiger partial charge in [-0.25, -0.2) is 4.98 Å². The van der Waals surface area contributed by atoms with Crippen molar-refractivity contribution in [2.45, 2.75) is 38.2 Å². The van der Waals surface area contributed by atoms with Crippen molar-refractivity contribution in [3.05, 3.63) is 64.4 Å². The first-order chi connectivity index (χ1) is 14.9. The number of alkyl halides is 2. The number of hydrogen-bond donors (Lipinski definition) is 0. The minimum absolute atomic E-state index is 0.0690. The summed E-state index contributed by atoms with van der Waals surface area (Å²) < 4.78 is 30.4. The average molecular weight is 448 g/mol. The Morgan fingerprint density at radius 3 is 2.58 bits per heavy atom. The third kappa shape index (κ3) is 5.81. The number of halogens is 2. The van der Waals surface area contributed by atoms with Crippen molar-refractivity contribution in [2.75, 3.05) is 12.8 Å². The standard InChI is InChI=1S/C22H23F2N3O3S/c1-3-12-27-20(29)17-6-4-5-7-18(17)25-22(27)31-14-19(28)26(2)13-15-8-10-16(11-9-15)30-21(23)24/h4-11,21H,3,12-14H2,1-2H3. The molecule has 0 bridgehead atoms. The molecule has 0 fully saturated rings. The first-order valence-corrected chi connectivity index (χ1v) is 10.8. The summed E-state index contributed by atoms with van der Waals surface area (Å²) in [6.45, 7) is -0.0507. The summed E-state index contributed by atoms with van der Waals surface area (Å²) in [6.07, 6.45) is 0.770. The lowest BCUT2D eigenvalue weighted by Gasteiger charge is -2.18. The summed E-state index contributed by atoms with van der Waals surface area (Å²) in [6, 6.07) is 13.3. The number of thioether (sulfide) groups is 1. The van der Waals surface area contributed by atoms with E-state index in [1.54, 1.807) is 46.8 Å². The molecule has 164 valence electrons. The molecule has 0 aliphatic rings. The summed E-state index contributed by atoms with van der Waals surface area (Å²) in [5.41, 5.74) is 1.28. The molecule has 0 aliphatic heterocycles. The largest absolute Gasteiger partial charge is 0.435 e. The van der Waals surface area contributed by atoms with E-state index in [0.29, 0.717) is 29.1 Å². The third-order valence-corrected chi connectivity index (χ3v) is 5.55. The minimum atomic E-state index is -2.87. The molecule has 31 heavy (non-hydrogen) atoms. The Balaban J connectivity index is 1.67. The normalized spacial score (nSPS) is 11.1.